The van der Waals surface area contributed by atoms with Gasteiger partial charge in [0.15, 0.2) is 0 Å². The zero-order chi connectivity index (χ0) is 20.2. The van der Waals surface area contributed by atoms with Gasteiger partial charge in [-0.05, 0) is 64.1 Å². The highest BCUT2D eigenvalue weighted by molar-refractivity contribution is 7.89. The summed E-state index contributed by atoms with van der Waals surface area (Å²) in [7, 11) is -3.68. The van der Waals surface area contributed by atoms with Crippen LogP contribution >= 0.6 is 0 Å². The highest BCUT2D eigenvalue weighted by atomic mass is 32.2. The van der Waals surface area contributed by atoms with Crippen LogP contribution in [0.25, 0.3) is 0 Å². The molecule has 0 heterocycles. The number of amides is 1. The molecule has 0 aliphatic rings. The van der Waals surface area contributed by atoms with E-state index in [1.807, 2.05) is 0 Å². The van der Waals surface area contributed by atoms with Crippen LogP contribution in [0.4, 0.5) is 10.1 Å². The van der Waals surface area contributed by atoms with Gasteiger partial charge in [0.25, 0.3) is 5.91 Å². The molecule has 0 aliphatic heterocycles. The Kier molecular flexibility index (Phi) is 6.22. The van der Waals surface area contributed by atoms with E-state index in [9.17, 15) is 17.6 Å². The number of rotatable bonds is 6. The summed E-state index contributed by atoms with van der Waals surface area (Å²) in [5.41, 5.74) is -0.0292. The van der Waals surface area contributed by atoms with Gasteiger partial charge in [-0.1, -0.05) is 0 Å². The summed E-state index contributed by atoms with van der Waals surface area (Å²) < 4.78 is 45.8. The normalized spacial score (nSPS) is 11.9. The van der Waals surface area contributed by atoms with Crippen molar-refractivity contribution in [3.63, 3.8) is 0 Å². The van der Waals surface area contributed by atoms with E-state index in [1.54, 1.807) is 27.7 Å². The van der Waals surface area contributed by atoms with Crippen molar-refractivity contribution in [3.8, 4) is 5.75 Å². The number of hydrogen-bond acceptors (Lipinski definition) is 4. The molecule has 0 saturated heterocycles. The number of halogens is 1. The Morgan fingerprint density at radius 1 is 1.11 bits per heavy atom. The van der Waals surface area contributed by atoms with Gasteiger partial charge in [0.2, 0.25) is 10.0 Å². The second-order valence-corrected chi connectivity index (χ2v) is 8.59. The fourth-order valence-electron chi connectivity index (χ4n) is 2.32. The lowest BCUT2D eigenvalue weighted by Crippen LogP contribution is -2.40. The molecule has 27 heavy (non-hydrogen) atoms. The van der Waals surface area contributed by atoms with Gasteiger partial charge in [-0.15, -0.1) is 0 Å². The van der Waals surface area contributed by atoms with Crippen molar-refractivity contribution in [1.29, 1.82) is 0 Å². The molecule has 0 radical (unpaired) electrons. The third-order valence-electron chi connectivity index (χ3n) is 3.36. The van der Waals surface area contributed by atoms with Crippen molar-refractivity contribution in [1.82, 2.24) is 4.72 Å². The van der Waals surface area contributed by atoms with Crippen molar-refractivity contribution < 1.29 is 22.3 Å². The van der Waals surface area contributed by atoms with E-state index < -0.39 is 27.3 Å². The van der Waals surface area contributed by atoms with Gasteiger partial charge in [-0.2, -0.15) is 0 Å². The summed E-state index contributed by atoms with van der Waals surface area (Å²) in [6, 6.07) is 9.35. The first-order valence-electron chi connectivity index (χ1n) is 8.39. The van der Waals surface area contributed by atoms with Crippen LogP contribution in [0.5, 0.6) is 5.75 Å². The topological polar surface area (TPSA) is 84.5 Å². The number of sulfonamides is 1. The summed E-state index contributed by atoms with van der Waals surface area (Å²) in [4.78, 5) is 12.5. The number of ether oxygens (including phenoxy) is 1. The maximum atomic E-state index is 13.3. The van der Waals surface area contributed by atoms with Crippen molar-refractivity contribution in [2.75, 3.05) is 11.9 Å². The predicted octanol–water partition coefficient (Wildman–Crippen LogP) is 3.55. The Hall–Kier alpha value is -2.45. The van der Waals surface area contributed by atoms with Crippen LogP contribution in [0.1, 0.15) is 38.1 Å². The summed E-state index contributed by atoms with van der Waals surface area (Å²) >= 11 is 0. The van der Waals surface area contributed by atoms with E-state index in [0.717, 1.165) is 0 Å². The molecule has 0 fully saturated rings. The van der Waals surface area contributed by atoms with Crippen LogP contribution < -0.4 is 14.8 Å². The summed E-state index contributed by atoms with van der Waals surface area (Å²) in [6.07, 6.45) is 0. The number of carbonyl (C=O) groups excluding carboxylic acids is 1. The Labute approximate surface area is 158 Å². The molecule has 0 aliphatic carbocycles. The molecule has 2 aromatic carbocycles. The minimum atomic E-state index is -3.68. The first-order chi connectivity index (χ1) is 12.5. The molecule has 0 spiro atoms. The first kappa shape index (κ1) is 20.9. The average Bonchev–Trinajstić information content (AvgIpc) is 2.55. The molecule has 0 bridgehead atoms. The van der Waals surface area contributed by atoms with Crippen LogP contribution in [0.2, 0.25) is 0 Å². The standard InChI is InChI=1S/C19H23FN2O4S/c1-5-26-17-12-14(20)8-11-16(17)21-18(23)13-6-9-15(10-7-13)27(24,25)22-19(2,3)4/h6-12,22H,5H2,1-4H3,(H,21,23). The van der Waals surface area contributed by atoms with Gasteiger partial charge in [0.1, 0.15) is 11.6 Å². The van der Waals surface area contributed by atoms with E-state index in [-0.39, 0.29) is 16.2 Å². The Morgan fingerprint density at radius 3 is 2.30 bits per heavy atom. The van der Waals surface area contributed by atoms with Gasteiger partial charge >= 0.3 is 0 Å². The number of benzene rings is 2. The number of carbonyl (C=O) groups is 1. The Bertz CT molecular complexity index is 920. The number of nitrogens with one attached hydrogen (secondary N) is 2. The largest absolute Gasteiger partial charge is 0.492 e. The highest BCUT2D eigenvalue weighted by Gasteiger charge is 2.22. The highest BCUT2D eigenvalue weighted by Crippen LogP contribution is 2.26. The number of anilines is 1. The Morgan fingerprint density at radius 2 is 1.74 bits per heavy atom. The van der Waals surface area contributed by atoms with Crippen molar-refractivity contribution in [3.05, 3.63) is 53.8 Å². The van der Waals surface area contributed by atoms with Crippen molar-refractivity contribution in [2.24, 2.45) is 0 Å². The second-order valence-electron chi connectivity index (χ2n) is 6.91. The van der Waals surface area contributed by atoms with E-state index in [4.69, 9.17) is 4.74 Å². The summed E-state index contributed by atoms with van der Waals surface area (Å²) in [5, 5.41) is 2.64. The second kappa shape index (κ2) is 8.06. The molecule has 1 amide bonds. The van der Waals surface area contributed by atoms with Gasteiger partial charge in [0, 0.05) is 17.2 Å². The van der Waals surface area contributed by atoms with Gasteiger partial charge < -0.3 is 10.1 Å². The molecular formula is C19H23FN2O4S. The van der Waals surface area contributed by atoms with Gasteiger partial charge in [-0.25, -0.2) is 17.5 Å². The molecule has 0 atom stereocenters. The minimum absolute atomic E-state index is 0.0609. The molecule has 2 rings (SSSR count). The maximum Gasteiger partial charge on any atom is 0.255 e. The SMILES string of the molecule is CCOc1cc(F)ccc1NC(=O)c1ccc(S(=O)(=O)NC(C)(C)C)cc1. The van der Waals surface area contributed by atoms with Gasteiger partial charge in [-0.3, -0.25) is 4.79 Å². The molecule has 0 aromatic heterocycles. The predicted molar refractivity (Wildman–Crippen MR) is 102 cm³/mol. The zero-order valence-corrected chi connectivity index (χ0v) is 16.5. The summed E-state index contributed by atoms with van der Waals surface area (Å²) in [6.45, 7) is 7.29. The average molecular weight is 394 g/mol. The molecule has 146 valence electrons. The number of hydrogen-bond donors (Lipinski definition) is 2. The van der Waals surface area contributed by atoms with Gasteiger partial charge in [0.05, 0.1) is 17.2 Å². The lowest BCUT2D eigenvalue weighted by molar-refractivity contribution is 0.102. The van der Waals surface area contributed by atoms with E-state index in [0.29, 0.717) is 12.3 Å². The molecule has 6 nitrogen and oxygen atoms in total. The van der Waals surface area contributed by atoms with Crippen LogP contribution in [-0.2, 0) is 10.0 Å². The maximum absolute atomic E-state index is 13.3. The molecule has 0 saturated carbocycles. The lowest BCUT2D eigenvalue weighted by atomic mass is 10.1. The third kappa shape index (κ3) is 5.77. The van der Waals surface area contributed by atoms with Crippen molar-refractivity contribution >= 4 is 21.6 Å². The smallest absolute Gasteiger partial charge is 0.255 e. The van der Waals surface area contributed by atoms with E-state index in [1.165, 1.54) is 42.5 Å². The third-order valence-corrected chi connectivity index (χ3v) is 5.13. The monoisotopic (exact) mass is 394 g/mol. The molecule has 0 unspecified atom stereocenters. The van der Waals surface area contributed by atoms with E-state index in [2.05, 4.69) is 10.0 Å². The molecule has 2 N–H and O–H groups in total. The summed E-state index contributed by atoms with van der Waals surface area (Å²) in [5.74, 6) is -0.716. The van der Waals surface area contributed by atoms with Crippen LogP contribution in [0, 0.1) is 5.82 Å². The molecular weight excluding hydrogens is 371 g/mol. The zero-order valence-electron chi connectivity index (χ0n) is 15.7. The fraction of sp³-hybridized carbons (Fsp3) is 0.316. The van der Waals surface area contributed by atoms with Crippen molar-refractivity contribution in [2.45, 2.75) is 38.1 Å². The van der Waals surface area contributed by atoms with E-state index >= 15 is 0 Å². The first-order valence-corrected chi connectivity index (χ1v) is 9.88. The molecule has 2 aromatic rings. The van der Waals surface area contributed by atoms with Crippen LogP contribution in [-0.4, -0.2) is 26.5 Å². The lowest BCUT2D eigenvalue weighted by Gasteiger charge is -2.20. The van der Waals surface area contributed by atoms with Crippen LogP contribution in [0.15, 0.2) is 47.4 Å². The minimum Gasteiger partial charge on any atom is -0.492 e. The van der Waals surface area contributed by atoms with Crippen LogP contribution in [0.3, 0.4) is 0 Å². The fourth-order valence-corrected chi connectivity index (χ4v) is 3.73. The Balaban J connectivity index is 2.19. The quantitative estimate of drug-likeness (QED) is 0.785. The molecule has 8 heteroatoms.